The fourth-order valence-electron chi connectivity index (χ4n) is 2.09. The summed E-state index contributed by atoms with van der Waals surface area (Å²) in [4.78, 5) is 10.8. The van der Waals surface area contributed by atoms with E-state index in [4.69, 9.17) is 0 Å². The van der Waals surface area contributed by atoms with Crippen LogP contribution in [0, 0.1) is 16.0 Å². The van der Waals surface area contributed by atoms with Crippen LogP contribution in [0.3, 0.4) is 0 Å². The highest BCUT2D eigenvalue weighted by molar-refractivity contribution is 5.60. The van der Waals surface area contributed by atoms with E-state index in [1.165, 1.54) is 12.8 Å². The number of hydrogen-bond acceptors (Lipinski definition) is 4. The summed E-state index contributed by atoms with van der Waals surface area (Å²) >= 11 is 0. The maximum absolute atomic E-state index is 11.1. The first-order valence-electron chi connectivity index (χ1n) is 6.01. The lowest BCUT2D eigenvalue weighted by atomic mass is 10.2. The second-order valence-electron chi connectivity index (χ2n) is 4.65. The van der Waals surface area contributed by atoms with Gasteiger partial charge in [-0.3, -0.25) is 10.1 Å². The van der Waals surface area contributed by atoms with E-state index in [0.717, 1.165) is 0 Å². The highest BCUT2D eigenvalue weighted by Gasteiger charge is 2.32. The van der Waals surface area contributed by atoms with Gasteiger partial charge < -0.3 is 5.32 Å². The molecule has 0 amide bonds. The van der Waals surface area contributed by atoms with Gasteiger partial charge in [-0.05, 0) is 32.1 Å². The molecule has 0 spiro atoms. The first kappa shape index (κ1) is 11.9. The van der Waals surface area contributed by atoms with Gasteiger partial charge in [0.2, 0.25) is 5.82 Å². The number of rotatable bonds is 5. The summed E-state index contributed by atoms with van der Waals surface area (Å²) < 4.78 is 1.58. The monoisotopic (exact) mass is 238 g/mol. The molecule has 6 heteroatoms. The van der Waals surface area contributed by atoms with Crippen LogP contribution >= 0.6 is 0 Å². The van der Waals surface area contributed by atoms with Gasteiger partial charge in [0.15, 0.2) is 0 Å². The highest BCUT2D eigenvalue weighted by Crippen LogP contribution is 2.36. The van der Waals surface area contributed by atoms with Crippen molar-refractivity contribution in [2.75, 3.05) is 5.32 Å². The zero-order valence-corrected chi connectivity index (χ0v) is 10.4. The molecule has 0 aliphatic heterocycles. The first-order chi connectivity index (χ1) is 8.04. The summed E-state index contributed by atoms with van der Waals surface area (Å²) in [5.41, 5.74) is 0.672. The lowest BCUT2D eigenvalue weighted by Crippen LogP contribution is -2.20. The number of nitrogens with zero attached hydrogens (tertiary/aromatic N) is 3. The van der Waals surface area contributed by atoms with E-state index in [9.17, 15) is 10.1 Å². The highest BCUT2D eigenvalue weighted by atomic mass is 16.6. The average molecular weight is 238 g/mol. The lowest BCUT2D eigenvalue weighted by molar-refractivity contribution is -0.384. The molecule has 0 saturated heterocycles. The molecule has 1 aromatic heterocycles. The summed E-state index contributed by atoms with van der Waals surface area (Å²) in [6.07, 6.45) is 2.99. The van der Waals surface area contributed by atoms with Crippen LogP contribution < -0.4 is 5.32 Å². The SMILES string of the molecule is CCc1nn(C)c(NC(C)C2CC2)c1[N+](=O)[O-]. The van der Waals surface area contributed by atoms with Crippen LogP contribution in [0.25, 0.3) is 0 Å². The molecule has 1 N–H and O–H groups in total. The minimum absolute atomic E-state index is 0.127. The van der Waals surface area contributed by atoms with E-state index in [1.54, 1.807) is 11.7 Å². The van der Waals surface area contributed by atoms with E-state index in [-0.39, 0.29) is 16.7 Å². The van der Waals surface area contributed by atoms with Gasteiger partial charge in [0.05, 0.1) is 4.92 Å². The summed E-state index contributed by atoms with van der Waals surface area (Å²) in [7, 11) is 1.74. The van der Waals surface area contributed by atoms with Crippen LogP contribution in [0.4, 0.5) is 11.5 Å². The van der Waals surface area contributed by atoms with Gasteiger partial charge in [0.1, 0.15) is 5.69 Å². The number of aryl methyl sites for hydroxylation is 2. The van der Waals surface area contributed by atoms with Gasteiger partial charge in [-0.25, -0.2) is 4.68 Å². The Bertz CT molecular complexity index is 437. The van der Waals surface area contributed by atoms with E-state index in [1.807, 2.05) is 6.92 Å². The van der Waals surface area contributed by atoms with Crippen LogP contribution in [0.15, 0.2) is 0 Å². The Kier molecular flexibility index (Phi) is 3.04. The van der Waals surface area contributed by atoms with Crippen molar-refractivity contribution in [1.82, 2.24) is 9.78 Å². The predicted molar refractivity (Wildman–Crippen MR) is 65.0 cm³/mol. The molecule has 1 fully saturated rings. The van der Waals surface area contributed by atoms with Crippen LogP contribution in [0.1, 0.15) is 32.4 Å². The Balaban J connectivity index is 2.30. The van der Waals surface area contributed by atoms with Crippen molar-refractivity contribution in [3.8, 4) is 0 Å². The van der Waals surface area contributed by atoms with E-state index in [2.05, 4.69) is 17.3 Å². The van der Waals surface area contributed by atoms with E-state index in [0.29, 0.717) is 23.9 Å². The molecule has 17 heavy (non-hydrogen) atoms. The Labute approximate surface area is 100 Å². The Hall–Kier alpha value is -1.59. The van der Waals surface area contributed by atoms with Crippen molar-refractivity contribution in [3.05, 3.63) is 15.8 Å². The molecule has 1 aliphatic rings. The maximum atomic E-state index is 11.1. The minimum atomic E-state index is -0.339. The molecule has 0 aromatic carbocycles. The summed E-state index contributed by atoms with van der Waals surface area (Å²) in [6, 6.07) is 0.272. The van der Waals surface area contributed by atoms with Crippen LogP contribution in [0.2, 0.25) is 0 Å². The topological polar surface area (TPSA) is 73.0 Å². The zero-order valence-electron chi connectivity index (χ0n) is 10.4. The number of aromatic nitrogens is 2. The van der Waals surface area contributed by atoms with E-state index < -0.39 is 0 Å². The van der Waals surface area contributed by atoms with Crippen molar-refractivity contribution in [2.45, 2.75) is 39.2 Å². The Morgan fingerprint density at radius 2 is 2.29 bits per heavy atom. The molecule has 1 aliphatic carbocycles. The lowest BCUT2D eigenvalue weighted by Gasteiger charge is -2.13. The molecule has 2 rings (SSSR count). The molecular weight excluding hydrogens is 220 g/mol. The van der Waals surface area contributed by atoms with Gasteiger partial charge in [-0.1, -0.05) is 6.92 Å². The standard InChI is InChI=1S/C11H18N4O2/c1-4-9-10(15(16)17)11(14(3)13-9)12-7(2)8-5-6-8/h7-8,12H,4-6H2,1-3H3. The fourth-order valence-corrected chi connectivity index (χ4v) is 2.09. The van der Waals surface area contributed by atoms with Gasteiger partial charge in [-0.15, -0.1) is 0 Å². The van der Waals surface area contributed by atoms with Crippen molar-refractivity contribution in [2.24, 2.45) is 13.0 Å². The molecule has 94 valence electrons. The average Bonchev–Trinajstić information content (AvgIpc) is 3.05. The summed E-state index contributed by atoms with van der Waals surface area (Å²) in [5, 5.41) is 18.5. The smallest absolute Gasteiger partial charge is 0.333 e. The molecule has 0 bridgehead atoms. The molecule has 6 nitrogen and oxygen atoms in total. The normalized spacial score (nSPS) is 16.9. The van der Waals surface area contributed by atoms with Crippen molar-refractivity contribution >= 4 is 11.5 Å². The van der Waals surface area contributed by atoms with Crippen LogP contribution in [-0.4, -0.2) is 20.7 Å². The van der Waals surface area contributed by atoms with Gasteiger partial charge in [-0.2, -0.15) is 5.10 Å². The van der Waals surface area contributed by atoms with Crippen molar-refractivity contribution < 1.29 is 4.92 Å². The molecule has 1 aromatic rings. The number of nitro groups is 1. The molecule has 0 radical (unpaired) electrons. The predicted octanol–water partition coefficient (Wildman–Crippen LogP) is 2.10. The second-order valence-corrected chi connectivity index (χ2v) is 4.65. The van der Waals surface area contributed by atoms with Crippen molar-refractivity contribution in [1.29, 1.82) is 0 Å². The quantitative estimate of drug-likeness (QED) is 0.629. The molecule has 1 unspecified atom stereocenters. The molecular formula is C11H18N4O2. The number of nitrogens with one attached hydrogen (secondary N) is 1. The third kappa shape index (κ3) is 2.25. The Morgan fingerprint density at radius 3 is 2.76 bits per heavy atom. The van der Waals surface area contributed by atoms with Gasteiger partial charge in [0, 0.05) is 13.1 Å². The number of hydrogen-bond donors (Lipinski definition) is 1. The molecule has 1 heterocycles. The zero-order chi connectivity index (χ0) is 12.6. The molecule has 1 saturated carbocycles. The maximum Gasteiger partial charge on any atom is 0.333 e. The fraction of sp³-hybridized carbons (Fsp3) is 0.727. The van der Waals surface area contributed by atoms with Crippen LogP contribution in [0.5, 0.6) is 0 Å². The minimum Gasteiger partial charge on any atom is -0.362 e. The number of anilines is 1. The van der Waals surface area contributed by atoms with E-state index >= 15 is 0 Å². The van der Waals surface area contributed by atoms with Crippen molar-refractivity contribution in [3.63, 3.8) is 0 Å². The van der Waals surface area contributed by atoms with Crippen LogP contribution in [-0.2, 0) is 13.5 Å². The molecule has 1 atom stereocenters. The van der Waals surface area contributed by atoms with Gasteiger partial charge >= 0.3 is 5.69 Å². The first-order valence-corrected chi connectivity index (χ1v) is 6.01. The van der Waals surface area contributed by atoms with Gasteiger partial charge in [0.25, 0.3) is 0 Å². The summed E-state index contributed by atoms with van der Waals surface area (Å²) in [5.74, 6) is 1.18. The summed E-state index contributed by atoms with van der Waals surface area (Å²) in [6.45, 7) is 3.95. The second kappa shape index (κ2) is 4.35. The largest absolute Gasteiger partial charge is 0.362 e. The third-order valence-corrected chi connectivity index (χ3v) is 3.30. The third-order valence-electron chi connectivity index (χ3n) is 3.30. The Morgan fingerprint density at radius 1 is 1.65 bits per heavy atom.